The quantitative estimate of drug-likeness (QED) is 0.477. The number of methoxy groups -OCH3 is 1. The third-order valence-electron chi connectivity index (χ3n) is 3.94. The van der Waals surface area contributed by atoms with E-state index in [4.69, 9.17) is 4.74 Å². The number of allylic oxidation sites excluding steroid dienone is 2. The zero-order valence-electron chi connectivity index (χ0n) is 8.70. The van der Waals surface area contributed by atoms with Gasteiger partial charge in [0.15, 0.2) is 0 Å². The maximum absolute atomic E-state index is 5.10. The van der Waals surface area contributed by atoms with E-state index in [1.807, 2.05) is 0 Å². The summed E-state index contributed by atoms with van der Waals surface area (Å²) in [5.41, 5.74) is 0. The molecule has 1 heteroatoms. The molecule has 2 bridgehead atoms. The Morgan fingerprint density at radius 2 is 2.08 bits per heavy atom. The molecule has 2 aliphatic rings. The first-order chi connectivity index (χ1) is 6.33. The number of hydrogen-bond acceptors (Lipinski definition) is 1. The van der Waals surface area contributed by atoms with Crippen LogP contribution in [-0.4, -0.2) is 13.7 Å². The van der Waals surface area contributed by atoms with Crippen molar-refractivity contribution >= 4 is 0 Å². The molecule has 1 saturated carbocycles. The third kappa shape index (κ3) is 1.67. The van der Waals surface area contributed by atoms with E-state index in [2.05, 4.69) is 19.1 Å². The van der Waals surface area contributed by atoms with E-state index in [0.29, 0.717) is 0 Å². The lowest BCUT2D eigenvalue weighted by Crippen LogP contribution is -2.17. The van der Waals surface area contributed by atoms with Crippen LogP contribution in [0.3, 0.4) is 0 Å². The molecule has 2 aliphatic carbocycles. The van der Waals surface area contributed by atoms with Crippen molar-refractivity contribution in [2.24, 2.45) is 23.7 Å². The van der Waals surface area contributed by atoms with Crippen LogP contribution in [0.2, 0.25) is 0 Å². The monoisotopic (exact) mass is 180 g/mol. The summed E-state index contributed by atoms with van der Waals surface area (Å²) in [7, 11) is 1.80. The number of hydrogen-bond donors (Lipinski definition) is 0. The minimum atomic E-state index is 0.900. The second kappa shape index (κ2) is 3.83. The molecular formula is C12H20O. The van der Waals surface area contributed by atoms with Gasteiger partial charge in [-0.25, -0.2) is 0 Å². The Bertz CT molecular complexity index is 197. The fraction of sp³-hybridized carbons (Fsp3) is 0.833. The van der Waals surface area contributed by atoms with Gasteiger partial charge in [-0.3, -0.25) is 0 Å². The minimum absolute atomic E-state index is 0.900. The predicted octanol–water partition coefficient (Wildman–Crippen LogP) is 2.87. The minimum Gasteiger partial charge on any atom is -0.385 e. The zero-order valence-corrected chi connectivity index (χ0v) is 8.70. The molecule has 0 radical (unpaired) electrons. The molecule has 0 heterocycles. The van der Waals surface area contributed by atoms with Crippen molar-refractivity contribution < 1.29 is 4.74 Å². The SMILES string of the molecule is COCCCC1C2C=CC(C2)C1C. The maximum Gasteiger partial charge on any atom is 0.0462 e. The van der Waals surface area contributed by atoms with E-state index in [1.165, 1.54) is 19.3 Å². The summed E-state index contributed by atoms with van der Waals surface area (Å²) >= 11 is 0. The van der Waals surface area contributed by atoms with Gasteiger partial charge in [-0.05, 0) is 42.9 Å². The molecule has 0 aliphatic heterocycles. The van der Waals surface area contributed by atoms with Gasteiger partial charge in [0.1, 0.15) is 0 Å². The van der Waals surface area contributed by atoms with Crippen molar-refractivity contribution in [3.63, 3.8) is 0 Å². The van der Waals surface area contributed by atoms with Crippen LogP contribution in [0.25, 0.3) is 0 Å². The van der Waals surface area contributed by atoms with Gasteiger partial charge in [0.05, 0.1) is 0 Å². The molecule has 0 aromatic rings. The van der Waals surface area contributed by atoms with Gasteiger partial charge in [0.25, 0.3) is 0 Å². The summed E-state index contributed by atoms with van der Waals surface area (Å²) in [6.45, 7) is 3.36. The van der Waals surface area contributed by atoms with Crippen LogP contribution < -0.4 is 0 Å². The standard InChI is InChI=1S/C12H20O/c1-9-10-5-6-11(8-10)12(9)4-3-7-13-2/h5-6,9-12H,3-4,7-8H2,1-2H3. The van der Waals surface area contributed by atoms with Crippen molar-refractivity contribution in [2.75, 3.05) is 13.7 Å². The van der Waals surface area contributed by atoms with E-state index in [1.54, 1.807) is 7.11 Å². The van der Waals surface area contributed by atoms with Gasteiger partial charge >= 0.3 is 0 Å². The summed E-state index contributed by atoms with van der Waals surface area (Å²) in [6, 6.07) is 0. The van der Waals surface area contributed by atoms with E-state index >= 15 is 0 Å². The number of rotatable bonds is 4. The maximum atomic E-state index is 5.10. The molecule has 0 amide bonds. The fourth-order valence-corrected chi connectivity index (χ4v) is 3.11. The molecule has 4 atom stereocenters. The van der Waals surface area contributed by atoms with E-state index in [9.17, 15) is 0 Å². The normalized spacial score (nSPS) is 41.7. The van der Waals surface area contributed by atoms with Gasteiger partial charge in [0.2, 0.25) is 0 Å². The molecule has 0 aromatic heterocycles. The summed E-state index contributed by atoms with van der Waals surface area (Å²) < 4.78 is 5.10. The first kappa shape index (κ1) is 9.26. The van der Waals surface area contributed by atoms with Crippen LogP contribution in [0, 0.1) is 23.7 Å². The average Bonchev–Trinajstić information content (AvgIpc) is 2.69. The second-order valence-corrected chi connectivity index (χ2v) is 4.61. The second-order valence-electron chi connectivity index (χ2n) is 4.61. The highest BCUT2D eigenvalue weighted by Gasteiger charge is 2.40. The Morgan fingerprint density at radius 3 is 2.69 bits per heavy atom. The molecular weight excluding hydrogens is 160 g/mol. The van der Waals surface area contributed by atoms with E-state index in [0.717, 1.165) is 30.3 Å². The third-order valence-corrected chi connectivity index (χ3v) is 3.94. The average molecular weight is 180 g/mol. The van der Waals surface area contributed by atoms with Crippen LogP contribution in [0.1, 0.15) is 26.2 Å². The lowest BCUT2D eigenvalue weighted by Gasteiger charge is -2.24. The van der Waals surface area contributed by atoms with E-state index in [-0.39, 0.29) is 0 Å². The van der Waals surface area contributed by atoms with Crippen LogP contribution in [0.15, 0.2) is 12.2 Å². The lowest BCUT2D eigenvalue weighted by molar-refractivity contribution is 0.178. The van der Waals surface area contributed by atoms with Gasteiger partial charge in [-0.1, -0.05) is 19.1 Å². The molecule has 0 N–H and O–H groups in total. The van der Waals surface area contributed by atoms with Crippen molar-refractivity contribution in [3.8, 4) is 0 Å². The summed E-state index contributed by atoms with van der Waals surface area (Å²) in [5.74, 6) is 3.67. The fourth-order valence-electron chi connectivity index (χ4n) is 3.11. The van der Waals surface area contributed by atoms with Crippen LogP contribution in [-0.2, 0) is 4.74 Å². The Morgan fingerprint density at radius 1 is 1.31 bits per heavy atom. The van der Waals surface area contributed by atoms with Gasteiger partial charge in [-0.2, -0.15) is 0 Å². The van der Waals surface area contributed by atoms with Crippen LogP contribution in [0.5, 0.6) is 0 Å². The highest BCUT2D eigenvalue weighted by atomic mass is 16.5. The molecule has 74 valence electrons. The number of fused-ring (bicyclic) bond motifs is 2. The lowest BCUT2D eigenvalue weighted by atomic mass is 9.81. The molecule has 0 spiro atoms. The summed E-state index contributed by atoms with van der Waals surface area (Å²) in [6.07, 6.45) is 8.91. The predicted molar refractivity (Wildman–Crippen MR) is 54.5 cm³/mol. The highest BCUT2D eigenvalue weighted by molar-refractivity contribution is 5.12. The largest absolute Gasteiger partial charge is 0.385 e. The van der Waals surface area contributed by atoms with Crippen LogP contribution >= 0.6 is 0 Å². The van der Waals surface area contributed by atoms with E-state index < -0.39 is 0 Å². The molecule has 0 aromatic carbocycles. The number of ether oxygens (including phenoxy) is 1. The Balaban J connectivity index is 1.83. The van der Waals surface area contributed by atoms with Crippen molar-refractivity contribution in [3.05, 3.63) is 12.2 Å². The summed E-state index contributed by atoms with van der Waals surface area (Å²) in [5, 5.41) is 0. The first-order valence-corrected chi connectivity index (χ1v) is 5.50. The topological polar surface area (TPSA) is 9.23 Å². The Kier molecular flexibility index (Phi) is 2.73. The molecule has 4 unspecified atom stereocenters. The smallest absolute Gasteiger partial charge is 0.0462 e. The van der Waals surface area contributed by atoms with Crippen molar-refractivity contribution in [2.45, 2.75) is 26.2 Å². The van der Waals surface area contributed by atoms with Gasteiger partial charge in [0, 0.05) is 13.7 Å². The Hall–Kier alpha value is -0.300. The van der Waals surface area contributed by atoms with Gasteiger partial charge in [-0.15, -0.1) is 0 Å². The Labute approximate surface area is 81.2 Å². The molecule has 13 heavy (non-hydrogen) atoms. The summed E-state index contributed by atoms with van der Waals surface area (Å²) in [4.78, 5) is 0. The molecule has 2 rings (SSSR count). The molecule has 1 fully saturated rings. The zero-order chi connectivity index (χ0) is 9.26. The van der Waals surface area contributed by atoms with Crippen molar-refractivity contribution in [1.29, 1.82) is 0 Å². The first-order valence-electron chi connectivity index (χ1n) is 5.50. The molecule has 1 nitrogen and oxygen atoms in total. The van der Waals surface area contributed by atoms with Gasteiger partial charge < -0.3 is 4.74 Å². The van der Waals surface area contributed by atoms with Crippen molar-refractivity contribution in [1.82, 2.24) is 0 Å². The highest BCUT2D eigenvalue weighted by Crippen LogP contribution is 2.49. The molecule has 0 saturated heterocycles. The van der Waals surface area contributed by atoms with Crippen LogP contribution in [0.4, 0.5) is 0 Å².